The largest absolute Gasteiger partial charge is 0.353 e. The predicted octanol–water partition coefficient (Wildman–Crippen LogP) is 3.78. The summed E-state index contributed by atoms with van der Waals surface area (Å²) in [4.78, 5) is 5.82. The number of rotatable bonds is 1. The van der Waals surface area contributed by atoms with E-state index in [1.54, 1.807) is 23.1 Å². The van der Waals surface area contributed by atoms with Crippen molar-refractivity contribution in [3.63, 3.8) is 0 Å². The molecule has 76 valence electrons. The monoisotopic (exact) mass is 250 g/mol. The highest BCUT2D eigenvalue weighted by molar-refractivity contribution is 6.64. The molecule has 0 aromatic heterocycles. The average molecular weight is 252 g/mol. The van der Waals surface area contributed by atoms with Gasteiger partial charge >= 0.3 is 0 Å². The molecule has 0 aliphatic carbocycles. The van der Waals surface area contributed by atoms with Gasteiger partial charge in [0.2, 0.25) is 0 Å². The second kappa shape index (κ2) is 4.87. The lowest BCUT2D eigenvalue weighted by molar-refractivity contribution is 0.635. The maximum atomic E-state index is 5.84. The standard InChI is InChI=1S/C9H9Cl3N2/c1-14(2)9(12)13-6-3-4-7(10)8(11)5-6/h3-5H,1-2H3/b13-9+. The highest BCUT2D eigenvalue weighted by atomic mass is 35.5. The summed E-state index contributed by atoms with van der Waals surface area (Å²) in [6.07, 6.45) is 0. The fourth-order valence-corrected chi connectivity index (χ4v) is 1.15. The molecule has 1 rings (SSSR count). The normalized spacial score (nSPS) is 11.6. The van der Waals surface area contributed by atoms with Crippen molar-refractivity contribution in [1.82, 2.24) is 4.90 Å². The summed E-state index contributed by atoms with van der Waals surface area (Å²) in [5.74, 6) is 0. The third-order valence-corrected chi connectivity index (χ3v) is 2.66. The molecule has 0 radical (unpaired) electrons. The minimum absolute atomic E-state index is 0.392. The lowest BCUT2D eigenvalue weighted by Gasteiger charge is -2.08. The molecule has 14 heavy (non-hydrogen) atoms. The van der Waals surface area contributed by atoms with Crippen molar-refractivity contribution in [1.29, 1.82) is 0 Å². The number of hydrogen-bond acceptors (Lipinski definition) is 1. The molecule has 0 amide bonds. The Morgan fingerprint density at radius 2 is 1.86 bits per heavy atom. The topological polar surface area (TPSA) is 15.6 Å². The Bertz CT molecular complexity index is 361. The van der Waals surface area contributed by atoms with E-state index in [1.807, 2.05) is 14.1 Å². The molecule has 0 aliphatic rings. The van der Waals surface area contributed by atoms with Gasteiger partial charge in [-0.15, -0.1) is 0 Å². The zero-order chi connectivity index (χ0) is 10.7. The summed E-state index contributed by atoms with van der Waals surface area (Å²) in [7, 11) is 3.62. The summed E-state index contributed by atoms with van der Waals surface area (Å²) in [6, 6.07) is 5.10. The predicted molar refractivity (Wildman–Crippen MR) is 63.1 cm³/mol. The van der Waals surface area contributed by atoms with Crippen molar-refractivity contribution >= 4 is 45.8 Å². The number of hydrogen-bond donors (Lipinski definition) is 0. The number of halogens is 3. The molecule has 0 N–H and O–H groups in total. The van der Waals surface area contributed by atoms with Crippen molar-refractivity contribution in [3.05, 3.63) is 28.2 Å². The third kappa shape index (κ3) is 3.05. The van der Waals surface area contributed by atoms with Gasteiger partial charge in [0, 0.05) is 14.1 Å². The van der Waals surface area contributed by atoms with E-state index in [0.29, 0.717) is 21.0 Å². The molecule has 0 unspecified atom stereocenters. The number of amidine groups is 1. The minimum Gasteiger partial charge on any atom is -0.353 e. The molecule has 0 saturated heterocycles. The smallest absolute Gasteiger partial charge is 0.198 e. The quantitative estimate of drug-likeness (QED) is 0.421. The number of nitrogens with zero attached hydrogens (tertiary/aromatic N) is 2. The summed E-state index contributed by atoms with van der Waals surface area (Å²) in [5, 5.41) is 1.37. The van der Waals surface area contributed by atoms with Crippen molar-refractivity contribution < 1.29 is 0 Å². The highest BCUT2D eigenvalue weighted by Crippen LogP contribution is 2.26. The second-order valence-corrected chi connectivity index (χ2v) is 4.03. The molecule has 1 aromatic rings. The first-order chi connectivity index (χ1) is 6.50. The SMILES string of the molecule is CN(C)/C(Cl)=N/c1ccc(Cl)c(Cl)c1. The van der Waals surface area contributed by atoms with Crippen LogP contribution in [0.25, 0.3) is 0 Å². The Balaban J connectivity index is 2.98. The van der Waals surface area contributed by atoms with Gasteiger partial charge < -0.3 is 4.90 Å². The van der Waals surface area contributed by atoms with Crippen LogP contribution in [0, 0.1) is 0 Å². The summed E-state index contributed by atoms with van der Waals surface area (Å²) in [5.41, 5.74) is 0.679. The zero-order valence-corrected chi connectivity index (χ0v) is 10.0. The van der Waals surface area contributed by atoms with E-state index >= 15 is 0 Å². The van der Waals surface area contributed by atoms with Crippen molar-refractivity contribution in [2.24, 2.45) is 4.99 Å². The Kier molecular flexibility index (Phi) is 4.05. The Morgan fingerprint density at radius 1 is 1.21 bits per heavy atom. The van der Waals surface area contributed by atoms with Crippen LogP contribution in [0.2, 0.25) is 10.0 Å². The van der Waals surface area contributed by atoms with E-state index < -0.39 is 0 Å². The van der Waals surface area contributed by atoms with E-state index in [4.69, 9.17) is 34.8 Å². The minimum atomic E-state index is 0.392. The van der Waals surface area contributed by atoms with Gasteiger partial charge in [-0.2, -0.15) is 0 Å². The van der Waals surface area contributed by atoms with Crippen LogP contribution >= 0.6 is 34.8 Å². The van der Waals surface area contributed by atoms with E-state index in [1.165, 1.54) is 0 Å². The molecule has 0 bridgehead atoms. The van der Waals surface area contributed by atoms with Crippen molar-refractivity contribution in [2.75, 3.05) is 14.1 Å². The van der Waals surface area contributed by atoms with Crippen LogP contribution in [-0.4, -0.2) is 24.3 Å². The van der Waals surface area contributed by atoms with Crippen molar-refractivity contribution in [2.45, 2.75) is 0 Å². The highest BCUT2D eigenvalue weighted by Gasteiger charge is 2.00. The first-order valence-electron chi connectivity index (χ1n) is 3.87. The zero-order valence-electron chi connectivity index (χ0n) is 7.76. The summed E-state index contributed by atoms with van der Waals surface area (Å²) >= 11 is 17.4. The van der Waals surface area contributed by atoms with E-state index in [9.17, 15) is 0 Å². The van der Waals surface area contributed by atoms with Crippen LogP contribution in [0.4, 0.5) is 5.69 Å². The van der Waals surface area contributed by atoms with Crippen LogP contribution in [0.1, 0.15) is 0 Å². The Morgan fingerprint density at radius 3 is 2.36 bits per heavy atom. The van der Waals surface area contributed by atoms with E-state index in [2.05, 4.69) is 4.99 Å². The molecule has 0 heterocycles. The fourth-order valence-electron chi connectivity index (χ4n) is 0.761. The lowest BCUT2D eigenvalue weighted by Crippen LogP contribution is -2.15. The van der Waals surface area contributed by atoms with Crippen molar-refractivity contribution in [3.8, 4) is 0 Å². The van der Waals surface area contributed by atoms with Gasteiger partial charge in [-0.3, -0.25) is 0 Å². The first kappa shape index (κ1) is 11.6. The average Bonchev–Trinajstić information content (AvgIpc) is 2.11. The van der Waals surface area contributed by atoms with Crippen LogP contribution in [0.3, 0.4) is 0 Å². The van der Waals surface area contributed by atoms with Crippen LogP contribution in [0.15, 0.2) is 23.2 Å². The number of aliphatic imine (C=N–C) groups is 1. The van der Waals surface area contributed by atoms with Gasteiger partial charge in [0.25, 0.3) is 0 Å². The van der Waals surface area contributed by atoms with Gasteiger partial charge in [0.1, 0.15) is 0 Å². The molecule has 2 nitrogen and oxygen atoms in total. The second-order valence-electron chi connectivity index (χ2n) is 2.87. The summed E-state index contributed by atoms with van der Waals surface area (Å²) in [6.45, 7) is 0. The van der Waals surface area contributed by atoms with Crippen LogP contribution < -0.4 is 0 Å². The lowest BCUT2D eigenvalue weighted by atomic mass is 10.3. The fraction of sp³-hybridized carbons (Fsp3) is 0.222. The van der Waals surface area contributed by atoms with E-state index in [0.717, 1.165) is 0 Å². The molecule has 0 fully saturated rings. The summed E-state index contributed by atoms with van der Waals surface area (Å²) < 4.78 is 0. The van der Waals surface area contributed by atoms with Gasteiger partial charge in [-0.05, 0) is 29.8 Å². The maximum absolute atomic E-state index is 5.84. The van der Waals surface area contributed by atoms with Gasteiger partial charge in [0.05, 0.1) is 15.7 Å². The van der Waals surface area contributed by atoms with E-state index in [-0.39, 0.29) is 0 Å². The molecule has 1 aromatic carbocycles. The van der Waals surface area contributed by atoms with Gasteiger partial charge in [-0.1, -0.05) is 23.2 Å². The molecule has 0 saturated carbocycles. The Hall–Kier alpha value is -0.440. The number of benzene rings is 1. The Labute approximate surface area is 98.1 Å². The molecule has 0 spiro atoms. The molecule has 0 atom stereocenters. The van der Waals surface area contributed by atoms with Gasteiger partial charge in [0.15, 0.2) is 5.29 Å². The molecular formula is C9H9Cl3N2. The molecule has 0 aliphatic heterocycles. The third-order valence-electron chi connectivity index (χ3n) is 1.49. The maximum Gasteiger partial charge on any atom is 0.198 e. The molecule has 5 heteroatoms. The van der Waals surface area contributed by atoms with Gasteiger partial charge in [-0.25, -0.2) is 4.99 Å². The first-order valence-corrected chi connectivity index (χ1v) is 5.00. The molecular weight excluding hydrogens is 242 g/mol. The van der Waals surface area contributed by atoms with Crippen LogP contribution in [-0.2, 0) is 0 Å². The van der Waals surface area contributed by atoms with Crippen LogP contribution in [0.5, 0.6) is 0 Å².